The van der Waals surface area contributed by atoms with Crippen LogP contribution in [-0.4, -0.2) is 113 Å². The zero-order valence-corrected chi connectivity index (χ0v) is 67.9. The third kappa shape index (κ3) is 21.9. The molecule has 0 heterocycles. The molecule has 30 nitrogen and oxygen atoms in total. The predicted molar refractivity (Wildman–Crippen MR) is 310 cm³/mol. The van der Waals surface area contributed by atoms with Gasteiger partial charge in [-0.1, -0.05) is 60.7 Å². The molecule has 8 aromatic rings. The van der Waals surface area contributed by atoms with Crippen LogP contribution >= 0.6 is 0 Å². The number of fused-ring (bicyclic) bond motifs is 2. The van der Waals surface area contributed by atoms with Gasteiger partial charge in [-0.15, -0.1) is 0 Å². The molecule has 0 aliphatic carbocycles. The van der Waals surface area contributed by atoms with Crippen molar-refractivity contribution >= 4 is 152 Å². The number of benzene rings is 8. The number of aliphatic imine (C=N–C) groups is 6. The zero-order chi connectivity index (χ0) is 66.4. The molecule has 0 radical (unpaired) electrons. The van der Waals surface area contributed by atoms with Gasteiger partial charge >= 0.3 is 177 Å². The van der Waals surface area contributed by atoms with Crippen LogP contribution in [0.2, 0.25) is 0 Å². The second kappa shape index (κ2) is 34.8. The van der Waals surface area contributed by atoms with Crippen molar-refractivity contribution in [3.05, 3.63) is 179 Å². The maximum atomic E-state index is 13.6. The summed E-state index contributed by atoms with van der Waals surface area (Å²) in [6.07, 6.45) is 1.48. The van der Waals surface area contributed by atoms with Gasteiger partial charge in [-0.2, -0.15) is 50.5 Å². The summed E-state index contributed by atoms with van der Waals surface area (Å²) in [7, 11) is -32.0. The monoisotopic (exact) mass is 1480 g/mol. The first kappa shape index (κ1) is 88.4. The van der Waals surface area contributed by atoms with Crippen molar-refractivity contribution in [2.24, 2.45) is 30.0 Å². The van der Waals surface area contributed by atoms with Crippen LogP contribution in [0.15, 0.2) is 205 Å². The van der Waals surface area contributed by atoms with Gasteiger partial charge in [0.2, 0.25) is 0 Å². The van der Waals surface area contributed by atoms with Gasteiger partial charge in [0.15, 0.2) is 0 Å². The first-order chi connectivity index (χ1) is 41.7. The Bertz CT molecular complexity index is 5040. The van der Waals surface area contributed by atoms with Crippen LogP contribution in [-0.2, 0) is 60.7 Å². The molecular formula is C54H36N6Na6O24S6. The number of nitrogens with zero attached hydrogens (tertiary/aromatic N) is 6. The van der Waals surface area contributed by atoms with Crippen molar-refractivity contribution < 1.29 is 286 Å². The second-order valence-electron chi connectivity index (χ2n) is 18.7. The molecule has 8 rings (SSSR count). The van der Waals surface area contributed by atoms with E-state index in [1.54, 1.807) is 0 Å². The third-order valence-electron chi connectivity index (χ3n) is 12.5. The summed E-state index contributed by atoms with van der Waals surface area (Å²) in [5, 5.41) is 76.4. The van der Waals surface area contributed by atoms with E-state index in [1.807, 2.05) is 0 Å². The number of hydrogen-bond donors (Lipinski definition) is 6. The fourth-order valence-electron chi connectivity index (χ4n) is 8.40. The maximum Gasteiger partial charge on any atom is 1.00 e. The average molecular weight is 1480 g/mol. The number of hydrogen-bond acceptors (Lipinski definition) is 24. The van der Waals surface area contributed by atoms with Crippen molar-refractivity contribution in [1.82, 2.24) is 0 Å². The Hall–Kier alpha value is -3.70. The molecule has 42 heteroatoms. The standard InChI is InChI=1S/C54H42N6O24S6.6Na/c1-27-9-11-31(53(65)57-39-13-15-43(87(73,74)75)37-23-35(85(67,68)69)25-45(49(37)39)89(79,80)81)21-41(27)59-51(63)29-5-3-7-33(19-29)55-47(61)17-18-48(62)56-34-8-4-6-30(20-34)52(64)60-42-22-32(12-10-28(42)2)54(66)58-40-14-16-44(88(76,77)78)38-24-36(86(70,71)72)26-46(50(38)40)90(82,83)84;;;;;;/h3-26H,1-2H3,(H,55,61)(H,56,62)(H,57,65)(H,58,66)(H,59,63)(H,60,64)(H,67,68,69)(H,70,71,72)(H,73,74,75)(H,76,77,78)(H,79,80,81)(H,82,83,84);;;;;;/q;6*+1/p-6/b18-17+;;;;;;. The van der Waals surface area contributed by atoms with Gasteiger partial charge in [-0.05, 0) is 168 Å². The predicted octanol–water partition coefficient (Wildman–Crippen LogP) is -16.1. The summed E-state index contributed by atoms with van der Waals surface area (Å²) >= 11 is 0. The normalized spacial score (nSPS) is 13.2. The van der Waals surface area contributed by atoms with E-state index in [1.165, 1.54) is 74.5 Å². The molecule has 8 aromatic carbocycles. The molecule has 0 fully saturated rings. The second-order valence-corrected chi connectivity index (χ2v) is 27.1. The molecule has 0 amide bonds. The molecule has 0 atom stereocenters. The quantitative estimate of drug-likeness (QED) is 0.0201. The summed E-state index contributed by atoms with van der Waals surface area (Å²) in [5.74, 6) is -6.25. The number of rotatable bonds is 18. The summed E-state index contributed by atoms with van der Waals surface area (Å²) in [6.45, 7) is 3.00. The van der Waals surface area contributed by atoms with Crippen LogP contribution in [0, 0.1) is 13.8 Å². The molecule has 0 saturated heterocycles. The van der Waals surface area contributed by atoms with Gasteiger partial charge in [-0.3, -0.25) is 57.3 Å². The van der Waals surface area contributed by atoms with E-state index in [-0.39, 0.29) is 234 Å². The fourth-order valence-corrected chi connectivity index (χ4v) is 12.5. The van der Waals surface area contributed by atoms with E-state index in [0.717, 1.165) is 48.6 Å². The zero-order valence-electron chi connectivity index (χ0n) is 51.0. The van der Waals surface area contributed by atoms with Crippen LogP contribution in [0.25, 0.3) is 21.5 Å². The maximum absolute atomic E-state index is 13.6. The van der Waals surface area contributed by atoms with Crippen LogP contribution in [0.3, 0.4) is 0 Å². The van der Waals surface area contributed by atoms with E-state index in [9.17, 15) is 108 Å². The van der Waals surface area contributed by atoms with Gasteiger partial charge < -0.3 is 30.6 Å². The van der Waals surface area contributed by atoms with Crippen molar-refractivity contribution in [3.63, 3.8) is 0 Å². The van der Waals surface area contributed by atoms with Crippen molar-refractivity contribution in [2.75, 3.05) is 0 Å². The van der Waals surface area contributed by atoms with E-state index in [2.05, 4.69) is 30.0 Å². The summed E-state index contributed by atoms with van der Waals surface area (Å²) in [4.78, 5) is 16.2. The van der Waals surface area contributed by atoms with Crippen molar-refractivity contribution in [2.45, 2.75) is 43.2 Å². The smallest absolute Gasteiger partial charge is 0.859 e. The molecular weight excluding hydrogens is 1450 g/mol. The van der Waals surface area contributed by atoms with E-state index < -0.39 is 158 Å². The van der Waals surface area contributed by atoms with Crippen LogP contribution in [0.4, 0.5) is 34.1 Å². The average Bonchev–Trinajstić information content (AvgIpc) is 0.747. The largest absolute Gasteiger partial charge is 1.00 e. The molecule has 0 spiro atoms. The van der Waals surface area contributed by atoms with Gasteiger partial charge in [0, 0.05) is 21.5 Å². The van der Waals surface area contributed by atoms with Gasteiger partial charge in [0.1, 0.15) is 19.6 Å². The summed E-state index contributed by atoms with van der Waals surface area (Å²) in [6, 6.07) is 21.8. The molecule has 0 aromatic heterocycles. The van der Waals surface area contributed by atoms with Gasteiger partial charge in [-0.25, -0.2) is 0 Å². The molecule has 468 valence electrons. The molecule has 0 bridgehead atoms. The minimum atomic E-state index is -5.48. The molecule has 0 aliphatic rings. The first-order valence-corrected chi connectivity index (χ1v) is 33.0. The van der Waals surface area contributed by atoms with Gasteiger partial charge in [0.25, 0.3) is 60.7 Å². The molecule has 6 N–H and O–H groups in total. The van der Waals surface area contributed by atoms with E-state index >= 15 is 0 Å². The Labute approximate surface area is 679 Å². The first-order valence-electron chi connectivity index (χ1n) is 24.4. The minimum Gasteiger partial charge on any atom is -0.859 e. The molecule has 0 saturated carbocycles. The third-order valence-corrected chi connectivity index (χ3v) is 17.8. The number of aryl methyl sites for hydroxylation is 2. The van der Waals surface area contributed by atoms with Crippen LogP contribution in [0.5, 0.6) is 0 Å². The van der Waals surface area contributed by atoms with Crippen LogP contribution < -0.4 is 208 Å². The molecule has 96 heavy (non-hydrogen) atoms. The van der Waals surface area contributed by atoms with Crippen molar-refractivity contribution in [1.29, 1.82) is 0 Å². The molecule has 0 aliphatic heterocycles. The summed E-state index contributed by atoms with van der Waals surface area (Å²) in [5.41, 5.74) is -1.99. The van der Waals surface area contributed by atoms with Gasteiger partial charge in [0.05, 0.1) is 43.9 Å². The Morgan fingerprint density at radius 2 is 0.615 bits per heavy atom. The van der Waals surface area contributed by atoms with Crippen molar-refractivity contribution in [3.8, 4) is 0 Å². The molecule has 0 unspecified atom stereocenters. The summed E-state index contributed by atoms with van der Waals surface area (Å²) < 4.78 is 206. The van der Waals surface area contributed by atoms with E-state index in [0.29, 0.717) is 35.4 Å². The Morgan fingerprint density at radius 1 is 0.323 bits per heavy atom. The topological polar surface area (TPSA) is 539 Å². The fraction of sp³-hybridized carbons (Fsp3) is 0.0370. The van der Waals surface area contributed by atoms with E-state index in [4.69, 9.17) is 0 Å². The van der Waals surface area contributed by atoms with Crippen LogP contribution in [0.1, 0.15) is 33.4 Å². The Balaban J connectivity index is 0.00000523. The minimum absolute atomic E-state index is 0. The Morgan fingerprint density at radius 3 is 0.906 bits per heavy atom. The Kier molecular flexibility index (Phi) is 32.0. The SMILES string of the molecule is Cc1ccc(C([O-])=Nc2ccc(S(=O)(=O)O)c3cc(S(=O)(=O)O)cc(S(=O)(=O)O)c23)cc1N=C([O-])c1cccc(N=C([O-])/C=C/C([O-])=Nc2cccc(C([O-])=Nc3cc(C([O-])=Nc4ccc(S(=O)(=O)O)c5cc(S(=O)(=O)O)cc(S(=O)(=O)O)c45)ccc3C)c2)c1.[Na+].[Na+].[Na+].[Na+].[Na+].[Na+].